The van der Waals surface area contributed by atoms with Gasteiger partial charge in [0.25, 0.3) is 0 Å². The minimum Gasteiger partial charge on any atom is -0.493 e. The average molecular weight is 549 g/mol. The van der Waals surface area contributed by atoms with E-state index in [9.17, 15) is 5.53 Å². The Morgan fingerprint density at radius 3 is 1.88 bits per heavy atom. The van der Waals surface area contributed by atoms with E-state index >= 15 is 0 Å². The molecule has 2 nitrogen and oxygen atoms in total. The Bertz CT molecular complexity index is 998. The molecule has 0 fully saturated rings. The van der Waals surface area contributed by atoms with Crippen molar-refractivity contribution in [2.45, 2.75) is 98.3 Å². The van der Waals surface area contributed by atoms with E-state index in [0.717, 1.165) is 54.6 Å². The molecule has 0 atom stereocenters. The monoisotopic (exact) mass is 548 g/mol. The van der Waals surface area contributed by atoms with Gasteiger partial charge in [-0.1, -0.05) is 89.1 Å². The van der Waals surface area contributed by atoms with E-state index in [1.807, 2.05) is 0 Å². The summed E-state index contributed by atoms with van der Waals surface area (Å²) >= 11 is 0. The van der Waals surface area contributed by atoms with E-state index in [-0.39, 0.29) is 20.4 Å². The van der Waals surface area contributed by atoms with E-state index in [4.69, 9.17) is 0 Å². The first-order valence-electron chi connectivity index (χ1n) is 13.2. The van der Waals surface area contributed by atoms with Crippen LogP contribution in [0.1, 0.15) is 107 Å². The van der Waals surface area contributed by atoms with E-state index in [0.29, 0.717) is 0 Å². The molecule has 1 aliphatic rings. The van der Waals surface area contributed by atoms with Crippen molar-refractivity contribution in [2.75, 3.05) is 0 Å². The quantitative estimate of drug-likeness (QED) is 0.135. The van der Waals surface area contributed by atoms with Crippen LogP contribution in [0.15, 0.2) is 59.7 Å². The molecule has 186 valence electrons. The van der Waals surface area contributed by atoms with Crippen LogP contribution in [0.5, 0.6) is 0 Å². The molecule has 0 radical (unpaired) electrons. The van der Waals surface area contributed by atoms with Gasteiger partial charge in [0, 0.05) is 42.7 Å². The van der Waals surface area contributed by atoms with Crippen LogP contribution in [0.2, 0.25) is 0 Å². The molecule has 1 heterocycles. The van der Waals surface area contributed by atoms with Crippen molar-refractivity contribution in [3.8, 4) is 0 Å². The smallest absolute Gasteiger partial charge is 0.211 e. The third-order valence-corrected chi connectivity index (χ3v) is 6.85. The molecule has 0 saturated carbocycles. The maximum Gasteiger partial charge on any atom is 0.211 e. The fourth-order valence-corrected chi connectivity index (χ4v) is 4.91. The SMILES string of the molecule is CCCCCCCCC1=C(c2cccc(C)c2)[N+](=[N-])C(c2ccc(CC)cc2)=C1CCCC.[Pd]. The van der Waals surface area contributed by atoms with Crippen molar-refractivity contribution in [3.05, 3.63) is 87.5 Å². The zero-order valence-electron chi connectivity index (χ0n) is 21.6. The Kier molecular flexibility index (Phi) is 12.2. The van der Waals surface area contributed by atoms with Gasteiger partial charge >= 0.3 is 0 Å². The minimum atomic E-state index is 0. The van der Waals surface area contributed by atoms with Crippen molar-refractivity contribution < 1.29 is 25.1 Å². The molecule has 34 heavy (non-hydrogen) atoms. The summed E-state index contributed by atoms with van der Waals surface area (Å²) in [6.07, 6.45) is 13.1. The number of nitrogens with zero attached hydrogens (tertiary/aromatic N) is 2. The molecule has 0 spiro atoms. The van der Waals surface area contributed by atoms with Crippen LogP contribution < -0.4 is 0 Å². The van der Waals surface area contributed by atoms with Gasteiger partial charge in [0.2, 0.25) is 11.4 Å². The number of allylic oxidation sites excluding steroid dienone is 2. The summed E-state index contributed by atoms with van der Waals surface area (Å²) in [6.45, 7) is 8.84. The largest absolute Gasteiger partial charge is 0.493 e. The van der Waals surface area contributed by atoms with Gasteiger partial charge in [-0.15, -0.1) is 0 Å². The Hall–Kier alpha value is -1.82. The topological polar surface area (TPSA) is 25.3 Å². The van der Waals surface area contributed by atoms with Crippen molar-refractivity contribution in [1.82, 2.24) is 0 Å². The molecule has 0 N–H and O–H groups in total. The van der Waals surface area contributed by atoms with Gasteiger partial charge in [-0.05, 0) is 68.9 Å². The fourth-order valence-electron chi connectivity index (χ4n) is 4.91. The molecule has 1 aliphatic heterocycles. The molecule has 3 heteroatoms. The summed E-state index contributed by atoms with van der Waals surface area (Å²) < 4.78 is 1.51. The molecular formula is C31H42N2Pd. The molecule has 2 aromatic rings. The van der Waals surface area contributed by atoms with Crippen LogP contribution >= 0.6 is 0 Å². The number of rotatable bonds is 13. The zero-order valence-corrected chi connectivity index (χ0v) is 23.2. The first kappa shape index (κ1) is 28.4. The molecule has 3 rings (SSSR count). The van der Waals surface area contributed by atoms with Crippen LogP contribution in [0.4, 0.5) is 0 Å². The summed E-state index contributed by atoms with van der Waals surface area (Å²) in [7, 11) is 0. The predicted octanol–water partition coefficient (Wildman–Crippen LogP) is 9.67. The molecule has 0 aromatic heterocycles. The van der Waals surface area contributed by atoms with Crippen molar-refractivity contribution in [3.63, 3.8) is 0 Å². The van der Waals surface area contributed by atoms with Crippen molar-refractivity contribution in [1.29, 1.82) is 0 Å². The van der Waals surface area contributed by atoms with Crippen LogP contribution in [0.3, 0.4) is 0 Å². The van der Waals surface area contributed by atoms with Crippen LogP contribution in [-0.2, 0) is 26.8 Å². The number of hydrogen-bond acceptors (Lipinski definition) is 0. The second-order valence-electron chi connectivity index (χ2n) is 9.51. The third kappa shape index (κ3) is 7.10. The molecule has 0 unspecified atom stereocenters. The van der Waals surface area contributed by atoms with E-state index < -0.39 is 0 Å². The van der Waals surface area contributed by atoms with E-state index in [1.54, 1.807) is 0 Å². The minimum absolute atomic E-state index is 0. The van der Waals surface area contributed by atoms with Gasteiger partial charge in [-0.2, -0.15) is 0 Å². The maximum atomic E-state index is 11.6. The van der Waals surface area contributed by atoms with Gasteiger partial charge in [0.1, 0.15) is 0 Å². The van der Waals surface area contributed by atoms with Gasteiger partial charge in [0.05, 0.1) is 0 Å². The molecule has 0 amide bonds. The summed E-state index contributed by atoms with van der Waals surface area (Å²) in [5.41, 5.74) is 21.1. The van der Waals surface area contributed by atoms with Crippen molar-refractivity contribution >= 4 is 11.4 Å². The fraction of sp³-hybridized carbons (Fsp3) is 0.484. The molecule has 2 aromatic carbocycles. The number of benzene rings is 2. The van der Waals surface area contributed by atoms with Crippen LogP contribution in [-0.4, -0.2) is 4.70 Å². The maximum absolute atomic E-state index is 11.6. The summed E-state index contributed by atoms with van der Waals surface area (Å²) in [5.74, 6) is 0. The summed E-state index contributed by atoms with van der Waals surface area (Å²) in [4.78, 5) is 0. The Morgan fingerprint density at radius 1 is 0.676 bits per heavy atom. The standard InChI is InChI=1S/C31H42N2.Pd/c1-5-8-10-11-12-13-18-29-28(17-9-6-2)30(26-21-19-25(7-3)20-22-26)33(32)31(29)27-16-14-15-24(4)23-27;/h14-16,19-23H,5-13,17-18H2,1-4H3;. The van der Waals surface area contributed by atoms with Crippen molar-refractivity contribution in [2.24, 2.45) is 0 Å². The third-order valence-electron chi connectivity index (χ3n) is 6.85. The second kappa shape index (κ2) is 14.6. The Morgan fingerprint density at radius 2 is 1.26 bits per heavy atom. The summed E-state index contributed by atoms with van der Waals surface area (Å²) in [6, 6.07) is 17.4. The van der Waals surface area contributed by atoms with Gasteiger partial charge in [-0.3, -0.25) is 0 Å². The van der Waals surface area contributed by atoms with E-state index in [1.165, 1.54) is 65.5 Å². The Balaban J connectivity index is 0.00000408. The predicted molar refractivity (Wildman–Crippen MR) is 142 cm³/mol. The summed E-state index contributed by atoms with van der Waals surface area (Å²) in [5, 5.41) is 0. The molecule has 0 aliphatic carbocycles. The number of aryl methyl sites for hydroxylation is 2. The second-order valence-corrected chi connectivity index (χ2v) is 9.51. The number of hydrogen-bond donors (Lipinski definition) is 0. The van der Waals surface area contributed by atoms with Crippen LogP contribution in [0, 0.1) is 6.92 Å². The van der Waals surface area contributed by atoms with Gasteiger partial charge in [0.15, 0.2) is 0 Å². The number of unbranched alkanes of at least 4 members (excludes halogenated alkanes) is 6. The Labute approximate surface area is 221 Å². The average Bonchev–Trinajstić information content (AvgIpc) is 3.10. The molecular weight excluding hydrogens is 507 g/mol. The van der Waals surface area contributed by atoms with Crippen LogP contribution in [0.25, 0.3) is 16.9 Å². The molecule has 0 saturated heterocycles. The first-order valence-corrected chi connectivity index (χ1v) is 13.2. The van der Waals surface area contributed by atoms with E-state index in [2.05, 4.69) is 76.2 Å². The zero-order chi connectivity index (χ0) is 23.6. The first-order chi connectivity index (χ1) is 16.1. The van der Waals surface area contributed by atoms with Gasteiger partial charge < -0.3 is 5.53 Å². The molecule has 0 bridgehead atoms. The van der Waals surface area contributed by atoms with Gasteiger partial charge in [-0.25, -0.2) is 4.70 Å². The normalized spacial score (nSPS) is 13.6.